The van der Waals surface area contributed by atoms with Crippen LogP contribution in [0.25, 0.3) is 22.6 Å². The summed E-state index contributed by atoms with van der Waals surface area (Å²) in [7, 11) is 0. The van der Waals surface area contributed by atoms with Gasteiger partial charge in [-0.05, 0) is 49.9 Å². The van der Waals surface area contributed by atoms with Crippen molar-refractivity contribution in [1.82, 2.24) is 19.7 Å². The molecular formula is C16H15N5. The van der Waals surface area contributed by atoms with Crippen molar-refractivity contribution < 1.29 is 0 Å². The van der Waals surface area contributed by atoms with Gasteiger partial charge in [0.15, 0.2) is 5.65 Å². The second kappa shape index (κ2) is 4.45. The van der Waals surface area contributed by atoms with Crippen LogP contribution in [0.4, 0.5) is 0 Å². The molecule has 1 atom stereocenters. The minimum atomic E-state index is 0.402. The van der Waals surface area contributed by atoms with Crippen LogP contribution in [0.2, 0.25) is 0 Å². The van der Waals surface area contributed by atoms with Gasteiger partial charge < -0.3 is 4.98 Å². The summed E-state index contributed by atoms with van der Waals surface area (Å²) < 4.78 is 2.02. The van der Waals surface area contributed by atoms with Crippen molar-refractivity contribution in [2.24, 2.45) is 5.92 Å². The summed E-state index contributed by atoms with van der Waals surface area (Å²) in [4.78, 5) is 8.00. The maximum atomic E-state index is 8.85. The molecule has 3 aromatic rings. The molecule has 2 aromatic heterocycles. The highest BCUT2D eigenvalue weighted by Crippen LogP contribution is 2.40. The number of nitriles is 1. The van der Waals surface area contributed by atoms with Gasteiger partial charge in [-0.3, -0.25) is 0 Å². The molecule has 1 saturated carbocycles. The zero-order valence-corrected chi connectivity index (χ0v) is 11.7. The summed E-state index contributed by atoms with van der Waals surface area (Å²) >= 11 is 0. The number of nitrogens with one attached hydrogen (secondary N) is 1. The second-order valence-corrected chi connectivity index (χ2v) is 5.68. The molecule has 5 heteroatoms. The highest BCUT2D eigenvalue weighted by Gasteiger charge is 2.31. The van der Waals surface area contributed by atoms with Crippen molar-refractivity contribution in [2.75, 3.05) is 0 Å². The van der Waals surface area contributed by atoms with Crippen molar-refractivity contribution in [1.29, 1.82) is 5.26 Å². The molecule has 0 radical (unpaired) electrons. The summed E-state index contributed by atoms with van der Waals surface area (Å²) in [6.07, 6.45) is 4.42. The molecule has 1 aliphatic rings. The summed E-state index contributed by atoms with van der Waals surface area (Å²) in [5.74, 6) is 1.56. The number of aromatic amines is 1. The minimum Gasteiger partial charge on any atom is -0.335 e. The Kier molecular flexibility index (Phi) is 2.58. The number of aromatic nitrogens is 4. The van der Waals surface area contributed by atoms with Crippen LogP contribution in [-0.4, -0.2) is 19.7 Å². The van der Waals surface area contributed by atoms with Crippen LogP contribution in [0.1, 0.15) is 31.4 Å². The van der Waals surface area contributed by atoms with Gasteiger partial charge in [-0.15, -0.1) is 0 Å². The van der Waals surface area contributed by atoms with Gasteiger partial charge in [0, 0.05) is 5.56 Å². The zero-order valence-electron chi connectivity index (χ0n) is 11.7. The van der Waals surface area contributed by atoms with E-state index in [1.807, 2.05) is 35.1 Å². The molecule has 1 N–H and O–H groups in total. The standard InChI is InChI=1S/C16H15N5/c1-10(12-6-7-12)21-16-14(9-18-21)19-15(20-16)13-4-2-11(8-17)3-5-13/h2-5,9-10,12H,6-7H2,1H3,(H,19,20)/t10-/m1/s1. The number of hydrogen-bond acceptors (Lipinski definition) is 3. The SMILES string of the molecule is C[C@H](C1CC1)n1ncc2[nH]c(-c3ccc(C#N)cc3)nc21. The molecule has 0 saturated heterocycles. The van der Waals surface area contributed by atoms with Crippen LogP contribution < -0.4 is 0 Å². The van der Waals surface area contributed by atoms with Gasteiger partial charge in [0.1, 0.15) is 11.3 Å². The first-order valence-electron chi connectivity index (χ1n) is 7.20. The molecule has 104 valence electrons. The van der Waals surface area contributed by atoms with Crippen molar-refractivity contribution >= 4 is 11.2 Å². The highest BCUT2D eigenvalue weighted by atomic mass is 15.3. The summed E-state index contributed by atoms with van der Waals surface area (Å²) in [6.45, 7) is 2.21. The Labute approximate surface area is 122 Å². The molecule has 0 unspecified atom stereocenters. The molecule has 21 heavy (non-hydrogen) atoms. The van der Waals surface area contributed by atoms with Crippen LogP contribution in [0.3, 0.4) is 0 Å². The van der Waals surface area contributed by atoms with Crippen LogP contribution in [0.5, 0.6) is 0 Å². The Morgan fingerprint density at radius 1 is 1.33 bits per heavy atom. The lowest BCUT2D eigenvalue weighted by molar-refractivity contribution is 0.451. The van der Waals surface area contributed by atoms with Crippen molar-refractivity contribution in [3.8, 4) is 17.5 Å². The molecule has 4 rings (SSSR count). The Morgan fingerprint density at radius 3 is 2.76 bits per heavy atom. The van der Waals surface area contributed by atoms with E-state index in [1.165, 1.54) is 12.8 Å². The topological polar surface area (TPSA) is 70.3 Å². The van der Waals surface area contributed by atoms with Gasteiger partial charge in [0.05, 0.1) is 23.9 Å². The third-order valence-electron chi connectivity index (χ3n) is 4.22. The highest BCUT2D eigenvalue weighted by molar-refractivity contribution is 5.76. The zero-order chi connectivity index (χ0) is 14.4. The predicted octanol–water partition coefficient (Wildman–Crippen LogP) is 3.27. The fourth-order valence-electron chi connectivity index (χ4n) is 2.73. The molecule has 5 nitrogen and oxygen atoms in total. The van der Waals surface area contributed by atoms with Gasteiger partial charge >= 0.3 is 0 Å². The van der Waals surface area contributed by atoms with Crippen LogP contribution in [-0.2, 0) is 0 Å². The average molecular weight is 277 g/mol. The second-order valence-electron chi connectivity index (χ2n) is 5.68. The summed E-state index contributed by atoms with van der Waals surface area (Å²) in [5, 5.41) is 13.3. The number of rotatable bonds is 3. The van der Waals surface area contributed by atoms with E-state index in [-0.39, 0.29) is 0 Å². The number of benzene rings is 1. The molecule has 1 aliphatic carbocycles. The van der Waals surface area contributed by atoms with E-state index in [1.54, 1.807) is 0 Å². The van der Waals surface area contributed by atoms with Gasteiger partial charge in [-0.2, -0.15) is 10.4 Å². The first-order chi connectivity index (χ1) is 10.3. The van der Waals surface area contributed by atoms with Crippen LogP contribution in [0.15, 0.2) is 30.5 Å². The number of nitrogens with zero attached hydrogens (tertiary/aromatic N) is 4. The lowest BCUT2D eigenvalue weighted by Crippen LogP contribution is -2.08. The van der Waals surface area contributed by atoms with Crippen LogP contribution in [0, 0.1) is 17.2 Å². The van der Waals surface area contributed by atoms with E-state index in [0.29, 0.717) is 11.6 Å². The molecular weight excluding hydrogens is 262 g/mol. The molecule has 0 amide bonds. The first kappa shape index (κ1) is 12.2. The maximum Gasteiger partial charge on any atom is 0.177 e. The van der Waals surface area contributed by atoms with Gasteiger partial charge in [0.2, 0.25) is 0 Å². The third-order valence-corrected chi connectivity index (χ3v) is 4.22. The predicted molar refractivity (Wildman–Crippen MR) is 79.5 cm³/mol. The van der Waals surface area contributed by atoms with E-state index in [4.69, 9.17) is 10.2 Å². The van der Waals surface area contributed by atoms with Gasteiger partial charge in [-0.1, -0.05) is 0 Å². The Balaban J connectivity index is 1.74. The maximum absolute atomic E-state index is 8.85. The first-order valence-corrected chi connectivity index (χ1v) is 7.20. The Hall–Kier alpha value is -2.61. The van der Waals surface area contributed by atoms with E-state index in [9.17, 15) is 0 Å². The normalized spacial score (nSPS) is 16.0. The monoisotopic (exact) mass is 277 g/mol. The number of hydrogen-bond donors (Lipinski definition) is 1. The smallest absolute Gasteiger partial charge is 0.177 e. The molecule has 1 fully saturated rings. The molecule has 0 aliphatic heterocycles. The lowest BCUT2D eigenvalue weighted by Gasteiger charge is -2.10. The van der Waals surface area contributed by atoms with Crippen molar-refractivity contribution in [3.63, 3.8) is 0 Å². The fraction of sp³-hybridized carbons (Fsp3) is 0.312. The summed E-state index contributed by atoms with van der Waals surface area (Å²) in [5.41, 5.74) is 3.51. The van der Waals surface area contributed by atoms with Gasteiger partial charge in [0.25, 0.3) is 0 Å². The summed E-state index contributed by atoms with van der Waals surface area (Å²) in [6, 6.07) is 9.97. The molecule has 0 spiro atoms. The van der Waals surface area contributed by atoms with E-state index >= 15 is 0 Å². The molecule has 0 bridgehead atoms. The van der Waals surface area contributed by atoms with Gasteiger partial charge in [-0.25, -0.2) is 9.67 Å². The van der Waals surface area contributed by atoms with Crippen molar-refractivity contribution in [3.05, 3.63) is 36.0 Å². The minimum absolute atomic E-state index is 0.402. The third kappa shape index (κ3) is 2.00. The Bertz CT molecular complexity index is 830. The fourth-order valence-corrected chi connectivity index (χ4v) is 2.73. The lowest BCUT2D eigenvalue weighted by atomic mass is 10.1. The number of fused-ring (bicyclic) bond motifs is 1. The van der Waals surface area contributed by atoms with Crippen molar-refractivity contribution in [2.45, 2.75) is 25.8 Å². The molecule has 1 aromatic carbocycles. The van der Waals surface area contributed by atoms with Crippen LogP contribution >= 0.6 is 0 Å². The number of H-pyrrole nitrogens is 1. The largest absolute Gasteiger partial charge is 0.335 e. The molecule has 2 heterocycles. The van der Waals surface area contributed by atoms with E-state index < -0.39 is 0 Å². The number of imidazole rings is 1. The quantitative estimate of drug-likeness (QED) is 0.798. The van der Waals surface area contributed by atoms with E-state index in [2.05, 4.69) is 23.1 Å². The average Bonchev–Trinajstić information content (AvgIpc) is 3.17. The Morgan fingerprint density at radius 2 is 2.10 bits per heavy atom. The van der Waals surface area contributed by atoms with E-state index in [0.717, 1.165) is 28.5 Å².